The van der Waals surface area contributed by atoms with Crippen molar-refractivity contribution in [3.05, 3.63) is 51.7 Å². The lowest BCUT2D eigenvalue weighted by Gasteiger charge is -2.23. The highest BCUT2D eigenvalue weighted by Gasteiger charge is 2.09. The van der Waals surface area contributed by atoms with Crippen LogP contribution in [0.1, 0.15) is 22.9 Å². The molecular weight excluding hydrogens is 266 g/mol. The first-order valence-corrected chi connectivity index (χ1v) is 7.60. The van der Waals surface area contributed by atoms with Gasteiger partial charge in [0, 0.05) is 22.7 Å². The van der Waals surface area contributed by atoms with Crippen LogP contribution in [0.25, 0.3) is 0 Å². The topological polar surface area (TPSA) is 23.5 Å². The molecule has 1 N–H and O–H groups in total. The fourth-order valence-electron chi connectivity index (χ4n) is 2.02. The molecule has 2 aromatic rings. The number of aliphatic hydroxyl groups is 1. The molecule has 104 valence electrons. The van der Waals surface area contributed by atoms with E-state index in [0.29, 0.717) is 0 Å². The standard InChI is InChI=1S/C17H19NOS/c1-3-18(16-8-6-14(2)7-9-16)13-17-15(5-4-11-19)10-12-20-17/h6-10,12,19H,3,11,13H2,1-2H3. The monoisotopic (exact) mass is 285 g/mol. The highest BCUT2D eigenvalue weighted by atomic mass is 32.1. The summed E-state index contributed by atoms with van der Waals surface area (Å²) in [5.41, 5.74) is 3.53. The summed E-state index contributed by atoms with van der Waals surface area (Å²) >= 11 is 1.72. The van der Waals surface area contributed by atoms with Crippen LogP contribution in [0.4, 0.5) is 5.69 Å². The third-order valence-corrected chi connectivity index (χ3v) is 4.07. The van der Waals surface area contributed by atoms with Crippen molar-refractivity contribution in [2.75, 3.05) is 18.1 Å². The van der Waals surface area contributed by atoms with Crippen LogP contribution in [0, 0.1) is 18.8 Å². The maximum absolute atomic E-state index is 8.81. The quantitative estimate of drug-likeness (QED) is 0.870. The average molecular weight is 285 g/mol. The van der Waals surface area contributed by atoms with Crippen molar-refractivity contribution in [1.29, 1.82) is 0 Å². The zero-order chi connectivity index (χ0) is 14.4. The fourth-order valence-corrected chi connectivity index (χ4v) is 2.87. The molecule has 0 radical (unpaired) electrons. The van der Waals surface area contributed by atoms with E-state index in [0.717, 1.165) is 18.7 Å². The van der Waals surface area contributed by atoms with Crippen molar-refractivity contribution in [1.82, 2.24) is 0 Å². The molecule has 0 bridgehead atoms. The molecule has 0 saturated carbocycles. The molecule has 0 unspecified atom stereocenters. The maximum atomic E-state index is 8.81. The largest absolute Gasteiger partial charge is 0.384 e. The second-order valence-electron chi connectivity index (χ2n) is 4.57. The van der Waals surface area contributed by atoms with E-state index in [9.17, 15) is 0 Å². The molecule has 0 amide bonds. The Balaban J connectivity index is 2.18. The first-order valence-electron chi connectivity index (χ1n) is 6.72. The highest BCUT2D eigenvalue weighted by molar-refractivity contribution is 7.10. The lowest BCUT2D eigenvalue weighted by atomic mass is 10.2. The highest BCUT2D eigenvalue weighted by Crippen LogP contribution is 2.22. The smallest absolute Gasteiger partial charge is 0.104 e. The fraction of sp³-hybridized carbons (Fsp3) is 0.294. The Kier molecular flexibility index (Phi) is 5.23. The van der Waals surface area contributed by atoms with Crippen LogP contribution in [0.5, 0.6) is 0 Å². The number of aliphatic hydroxyl groups excluding tert-OH is 1. The third kappa shape index (κ3) is 3.63. The third-order valence-electron chi connectivity index (χ3n) is 3.16. The molecule has 0 aliphatic rings. The number of hydrogen-bond donors (Lipinski definition) is 1. The molecular formula is C17H19NOS. The first kappa shape index (κ1) is 14.6. The molecule has 0 atom stereocenters. The molecule has 2 rings (SSSR count). The van der Waals surface area contributed by atoms with E-state index in [1.807, 2.05) is 6.07 Å². The predicted molar refractivity (Wildman–Crippen MR) is 86.2 cm³/mol. The summed E-state index contributed by atoms with van der Waals surface area (Å²) in [6.45, 7) is 5.97. The molecule has 0 aliphatic heterocycles. The van der Waals surface area contributed by atoms with Gasteiger partial charge in [0.15, 0.2) is 0 Å². The van der Waals surface area contributed by atoms with Crippen molar-refractivity contribution >= 4 is 17.0 Å². The van der Waals surface area contributed by atoms with Gasteiger partial charge in [0.1, 0.15) is 6.61 Å². The summed E-state index contributed by atoms with van der Waals surface area (Å²) in [7, 11) is 0. The summed E-state index contributed by atoms with van der Waals surface area (Å²) in [6.07, 6.45) is 0. The van der Waals surface area contributed by atoms with Crippen molar-refractivity contribution < 1.29 is 5.11 Å². The van der Waals surface area contributed by atoms with Gasteiger partial charge in [-0.15, -0.1) is 11.3 Å². The zero-order valence-electron chi connectivity index (χ0n) is 11.9. The van der Waals surface area contributed by atoms with E-state index in [1.165, 1.54) is 16.1 Å². The van der Waals surface area contributed by atoms with Gasteiger partial charge in [-0.2, -0.15) is 0 Å². The van der Waals surface area contributed by atoms with Crippen LogP contribution in [-0.2, 0) is 6.54 Å². The van der Waals surface area contributed by atoms with Gasteiger partial charge < -0.3 is 10.0 Å². The van der Waals surface area contributed by atoms with Crippen molar-refractivity contribution in [2.45, 2.75) is 20.4 Å². The molecule has 0 fully saturated rings. The van der Waals surface area contributed by atoms with E-state index >= 15 is 0 Å². The van der Waals surface area contributed by atoms with Gasteiger partial charge >= 0.3 is 0 Å². The van der Waals surface area contributed by atoms with Gasteiger partial charge in [-0.05, 0) is 37.4 Å². The van der Waals surface area contributed by atoms with E-state index in [-0.39, 0.29) is 6.61 Å². The lowest BCUT2D eigenvalue weighted by Crippen LogP contribution is -2.21. The van der Waals surface area contributed by atoms with Crippen molar-refractivity contribution in [3.63, 3.8) is 0 Å². The summed E-state index contributed by atoms with van der Waals surface area (Å²) in [4.78, 5) is 3.57. The zero-order valence-corrected chi connectivity index (χ0v) is 12.7. The van der Waals surface area contributed by atoms with Crippen LogP contribution in [-0.4, -0.2) is 18.3 Å². The van der Waals surface area contributed by atoms with Crippen LogP contribution in [0.3, 0.4) is 0 Å². The average Bonchev–Trinajstić information content (AvgIpc) is 2.91. The summed E-state index contributed by atoms with van der Waals surface area (Å²) in [6, 6.07) is 10.6. The Morgan fingerprint density at radius 1 is 1.20 bits per heavy atom. The maximum Gasteiger partial charge on any atom is 0.104 e. The number of benzene rings is 1. The van der Waals surface area contributed by atoms with Gasteiger partial charge in [-0.1, -0.05) is 29.5 Å². The van der Waals surface area contributed by atoms with Gasteiger partial charge in [-0.25, -0.2) is 0 Å². The molecule has 20 heavy (non-hydrogen) atoms. The van der Waals surface area contributed by atoms with E-state index in [2.05, 4.69) is 60.2 Å². The summed E-state index contributed by atoms with van der Waals surface area (Å²) in [5.74, 6) is 5.74. The summed E-state index contributed by atoms with van der Waals surface area (Å²) < 4.78 is 0. The van der Waals surface area contributed by atoms with Crippen LogP contribution < -0.4 is 4.90 Å². The minimum atomic E-state index is -0.0925. The summed E-state index contributed by atoms with van der Waals surface area (Å²) in [5, 5.41) is 10.9. The molecule has 0 aliphatic carbocycles. The van der Waals surface area contributed by atoms with Gasteiger partial charge in [0.05, 0.1) is 6.54 Å². The molecule has 1 aromatic heterocycles. The molecule has 0 saturated heterocycles. The van der Waals surface area contributed by atoms with E-state index in [1.54, 1.807) is 11.3 Å². The number of hydrogen-bond acceptors (Lipinski definition) is 3. The van der Waals surface area contributed by atoms with Gasteiger partial charge in [-0.3, -0.25) is 0 Å². The number of anilines is 1. The minimum absolute atomic E-state index is 0.0925. The molecule has 1 heterocycles. The SMILES string of the molecule is CCN(Cc1sccc1C#CCO)c1ccc(C)cc1. The molecule has 0 spiro atoms. The number of rotatable bonds is 4. The second kappa shape index (κ2) is 7.14. The Morgan fingerprint density at radius 3 is 2.60 bits per heavy atom. The molecule has 1 aromatic carbocycles. The lowest BCUT2D eigenvalue weighted by molar-refractivity contribution is 0.350. The van der Waals surface area contributed by atoms with Gasteiger partial charge in [0.25, 0.3) is 0 Å². The Hall–Kier alpha value is -1.76. The number of nitrogens with zero attached hydrogens (tertiary/aromatic N) is 1. The van der Waals surface area contributed by atoms with Crippen LogP contribution in [0.2, 0.25) is 0 Å². The van der Waals surface area contributed by atoms with E-state index < -0.39 is 0 Å². The molecule has 2 nitrogen and oxygen atoms in total. The normalized spacial score (nSPS) is 9.95. The number of thiophene rings is 1. The van der Waals surface area contributed by atoms with E-state index in [4.69, 9.17) is 5.11 Å². The van der Waals surface area contributed by atoms with Crippen LogP contribution >= 0.6 is 11.3 Å². The Morgan fingerprint density at radius 2 is 1.95 bits per heavy atom. The Labute approximate surface area is 124 Å². The predicted octanol–water partition coefficient (Wildman–Crippen LogP) is 3.43. The Bertz CT molecular complexity index is 604. The first-order chi connectivity index (χ1) is 9.74. The van der Waals surface area contributed by atoms with Crippen LogP contribution in [0.15, 0.2) is 35.7 Å². The van der Waals surface area contributed by atoms with Crippen molar-refractivity contribution in [3.8, 4) is 11.8 Å². The van der Waals surface area contributed by atoms with Crippen molar-refractivity contribution in [2.24, 2.45) is 0 Å². The van der Waals surface area contributed by atoms with Gasteiger partial charge in [0.2, 0.25) is 0 Å². The minimum Gasteiger partial charge on any atom is -0.384 e. The molecule has 3 heteroatoms. The number of aryl methyl sites for hydroxylation is 1. The second-order valence-corrected chi connectivity index (χ2v) is 5.57.